The van der Waals surface area contributed by atoms with Crippen LogP contribution >= 0.6 is 0 Å². The lowest BCUT2D eigenvalue weighted by Crippen LogP contribution is -2.40. The Morgan fingerprint density at radius 1 is 1.32 bits per heavy atom. The molecule has 0 saturated heterocycles. The molecule has 2 aromatic rings. The van der Waals surface area contributed by atoms with Gasteiger partial charge in [0.2, 0.25) is 15.9 Å². The van der Waals surface area contributed by atoms with Crippen LogP contribution in [0.3, 0.4) is 0 Å². The maximum absolute atomic E-state index is 12.7. The Labute approximate surface area is 164 Å². The fourth-order valence-corrected chi connectivity index (χ4v) is 4.62. The number of hydrogen-bond acceptors (Lipinski definition) is 6. The zero-order valence-corrected chi connectivity index (χ0v) is 17.1. The summed E-state index contributed by atoms with van der Waals surface area (Å²) in [5.74, 6) is 0.992. The zero-order chi connectivity index (χ0) is 20.3. The zero-order valence-electron chi connectivity index (χ0n) is 16.3. The maximum Gasteiger partial charge on any atom is 0.224 e. The van der Waals surface area contributed by atoms with Crippen LogP contribution in [0, 0.1) is 13.8 Å². The van der Waals surface area contributed by atoms with Gasteiger partial charge in [0, 0.05) is 25.2 Å². The minimum absolute atomic E-state index is 0.0660. The summed E-state index contributed by atoms with van der Waals surface area (Å²) >= 11 is 0. The van der Waals surface area contributed by atoms with Crippen molar-refractivity contribution in [2.45, 2.75) is 33.2 Å². The molecule has 0 saturated carbocycles. The van der Waals surface area contributed by atoms with Crippen molar-refractivity contribution in [2.24, 2.45) is 0 Å². The topological polar surface area (TPSA) is 102 Å². The van der Waals surface area contributed by atoms with Crippen LogP contribution in [0.4, 0.5) is 0 Å². The number of rotatable bonds is 7. The molecule has 1 aromatic carbocycles. The number of hydrogen-bond donors (Lipinski definition) is 1. The van der Waals surface area contributed by atoms with Gasteiger partial charge < -0.3 is 14.6 Å². The van der Waals surface area contributed by atoms with Gasteiger partial charge in [-0.25, -0.2) is 8.42 Å². The number of nitrogens with one attached hydrogen (secondary N) is 1. The molecule has 9 heteroatoms. The molecule has 1 aliphatic heterocycles. The molecule has 3 rings (SSSR count). The standard InChI is InChI=1S/C19H25N3O5S/c1-13-18(14(2)27-21-13)11-19(23)20-7-9-28(24,25)22-8-6-15-10-17(26-3)5-4-16(15)12-22/h4-5,10H,6-9,11-12H2,1-3H3,(H,20,23). The molecule has 0 unspecified atom stereocenters. The predicted molar refractivity (Wildman–Crippen MR) is 104 cm³/mol. The third kappa shape index (κ3) is 4.53. The van der Waals surface area contributed by atoms with Crippen LogP contribution in [-0.2, 0) is 34.2 Å². The molecule has 0 bridgehead atoms. The van der Waals surface area contributed by atoms with Crippen molar-refractivity contribution in [1.82, 2.24) is 14.8 Å². The number of methoxy groups -OCH3 is 1. The van der Waals surface area contributed by atoms with Crippen LogP contribution in [0.5, 0.6) is 5.75 Å². The van der Waals surface area contributed by atoms with E-state index in [0.717, 1.165) is 22.4 Å². The lowest BCUT2D eigenvalue weighted by atomic mass is 10.0. The van der Waals surface area contributed by atoms with Crippen molar-refractivity contribution >= 4 is 15.9 Å². The molecule has 0 fully saturated rings. The van der Waals surface area contributed by atoms with Crippen molar-refractivity contribution in [3.8, 4) is 5.75 Å². The van der Waals surface area contributed by atoms with Gasteiger partial charge in [-0.2, -0.15) is 4.31 Å². The molecule has 1 amide bonds. The number of aromatic nitrogens is 1. The smallest absolute Gasteiger partial charge is 0.224 e. The number of ether oxygens (including phenoxy) is 1. The van der Waals surface area contributed by atoms with Gasteiger partial charge >= 0.3 is 0 Å². The van der Waals surface area contributed by atoms with Crippen LogP contribution < -0.4 is 10.1 Å². The Morgan fingerprint density at radius 2 is 2.11 bits per heavy atom. The average molecular weight is 407 g/mol. The van der Waals surface area contributed by atoms with Crippen LogP contribution in [-0.4, -0.2) is 49.7 Å². The Balaban J connectivity index is 1.53. The molecule has 1 N–H and O–H groups in total. The molecule has 0 radical (unpaired) electrons. The van der Waals surface area contributed by atoms with E-state index >= 15 is 0 Å². The first-order valence-corrected chi connectivity index (χ1v) is 10.7. The second-order valence-electron chi connectivity index (χ2n) is 6.86. The van der Waals surface area contributed by atoms with Gasteiger partial charge in [-0.05, 0) is 43.5 Å². The average Bonchev–Trinajstić information content (AvgIpc) is 2.99. The minimum atomic E-state index is -3.46. The summed E-state index contributed by atoms with van der Waals surface area (Å²) < 4.78 is 37.0. The fourth-order valence-electron chi connectivity index (χ4n) is 3.29. The molecule has 1 aromatic heterocycles. The number of carbonyl (C=O) groups excluding carboxylic acids is 1. The van der Waals surface area contributed by atoms with Crippen molar-refractivity contribution in [3.63, 3.8) is 0 Å². The van der Waals surface area contributed by atoms with E-state index in [9.17, 15) is 13.2 Å². The molecule has 28 heavy (non-hydrogen) atoms. The number of benzene rings is 1. The number of carbonyl (C=O) groups is 1. The SMILES string of the molecule is COc1ccc2c(c1)CCN(S(=O)(=O)CCNC(=O)Cc1c(C)noc1C)C2. The maximum atomic E-state index is 12.7. The highest BCUT2D eigenvalue weighted by molar-refractivity contribution is 7.89. The number of sulfonamides is 1. The summed E-state index contributed by atoms with van der Waals surface area (Å²) in [5.41, 5.74) is 3.50. The first-order valence-electron chi connectivity index (χ1n) is 9.12. The molecule has 0 atom stereocenters. The molecular formula is C19H25N3O5S. The minimum Gasteiger partial charge on any atom is -0.497 e. The van der Waals surface area contributed by atoms with E-state index in [2.05, 4.69) is 10.5 Å². The molecule has 1 aliphatic rings. The number of amides is 1. The first kappa shape index (κ1) is 20.3. The van der Waals surface area contributed by atoms with E-state index in [0.29, 0.717) is 31.0 Å². The normalized spacial score (nSPS) is 14.5. The van der Waals surface area contributed by atoms with Crippen LogP contribution in [0.2, 0.25) is 0 Å². The van der Waals surface area contributed by atoms with Gasteiger partial charge in [-0.3, -0.25) is 4.79 Å². The van der Waals surface area contributed by atoms with E-state index < -0.39 is 10.0 Å². The lowest BCUT2D eigenvalue weighted by molar-refractivity contribution is -0.120. The third-order valence-corrected chi connectivity index (χ3v) is 6.80. The summed E-state index contributed by atoms with van der Waals surface area (Å²) in [5, 5.41) is 6.49. The number of aryl methyl sites for hydroxylation is 2. The van der Waals surface area contributed by atoms with E-state index in [4.69, 9.17) is 9.26 Å². The van der Waals surface area contributed by atoms with Crippen molar-refractivity contribution in [3.05, 3.63) is 46.3 Å². The molecule has 152 valence electrons. The van der Waals surface area contributed by atoms with E-state index in [1.165, 1.54) is 4.31 Å². The molecule has 2 heterocycles. The van der Waals surface area contributed by atoms with Crippen molar-refractivity contribution in [2.75, 3.05) is 26.0 Å². The highest BCUT2D eigenvalue weighted by Crippen LogP contribution is 2.25. The van der Waals surface area contributed by atoms with Gasteiger partial charge in [0.1, 0.15) is 11.5 Å². The van der Waals surface area contributed by atoms with E-state index in [-0.39, 0.29) is 24.6 Å². The van der Waals surface area contributed by atoms with Gasteiger partial charge in [-0.1, -0.05) is 11.2 Å². The number of fused-ring (bicyclic) bond motifs is 1. The Morgan fingerprint density at radius 3 is 2.79 bits per heavy atom. The summed E-state index contributed by atoms with van der Waals surface area (Å²) in [6.07, 6.45) is 0.768. The highest BCUT2D eigenvalue weighted by atomic mass is 32.2. The fraction of sp³-hybridized carbons (Fsp3) is 0.474. The lowest BCUT2D eigenvalue weighted by Gasteiger charge is -2.28. The van der Waals surface area contributed by atoms with Crippen molar-refractivity contribution < 1.29 is 22.5 Å². The van der Waals surface area contributed by atoms with Gasteiger partial charge in [0.25, 0.3) is 0 Å². The summed E-state index contributed by atoms with van der Waals surface area (Å²) in [7, 11) is -1.85. The van der Waals surface area contributed by atoms with Gasteiger partial charge in [-0.15, -0.1) is 0 Å². The Bertz CT molecular complexity index is 948. The Hall–Kier alpha value is -2.39. The van der Waals surface area contributed by atoms with Gasteiger partial charge in [0.15, 0.2) is 0 Å². The largest absolute Gasteiger partial charge is 0.497 e. The number of nitrogens with zero attached hydrogens (tertiary/aromatic N) is 2. The summed E-state index contributed by atoms with van der Waals surface area (Å²) in [6.45, 7) is 4.35. The highest BCUT2D eigenvalue weighted by Gasteiger charge is 2.27. The van der Waals surface area contributed by atoms with E-state index in [1.807, 2.05) is 18.2 Å². The molecule has 0 aliphatic carbocycles. The summed E-state index contributed by atoms with van der Waals surface area (Å²) in [6, 6.07) is 5.69. The predicted octanol–water partition coefficient (Wildman–Crippen LogP) is 1.35. The third-order valence-electron chi connectivity index (χ3n) is 4.98. The Kier molecular flexibility index (Phi) is 6.04. The van der Waals surface area contributed by atoms with Crippen LogP contribution in [0.1, 0.15) is 28.1 Å². The van der Waals surface area contributed by atoms with Gasteiger partial charge in [0.05, 0.1) is 25.0 Å². The van der Waals surface area contributed by atoms with E-state index in [1.54, 1.807) is 21.0 Å². The quantitative estimate of drug-likeness (QED) is 0.743. The van der Waals surface area contributed by atoms with Crippen LogP contribution in [0.25, 0.3) is 0 Å². The molecule has 0 spiro atoms. The molecular weight excluding hydrogens is 382 g/mol. The monoisotopic (exact) mass is 407 g/mol. The molecule has 8 nitrogen and oxygen atoms in total. The summed E-state index contributed by atoms with van der Waals surface area (Å²) in [4.78, 5) is 12.1. The second kappa shape index (κ2) is 8.32. The van der Waals surface area contributed by atoms with Crippen LogP contribution in [0.15, 0.2) is 22.7 Å². The first-order chi connectivity index (χ1) is 13.3. The van der Waals surface area contributed by atoms with Crippen molar-refractivity contribution in [1.29, 1.82) is 0 Å². The second-order valence-corrected chi connectivity index (χ2v) is 8.95.